The van der Waals surface area contributed by atoms with Gasteiger partial charge in [0.05, 0.1) is 5.69 Å². The minimum absolute atomic E-state index is 0.301. The number of halogens is 4. The summed E-state index contributed by atoms with van der Waals surface area (Å²) in [5.74, 6) is -0.649. The number of hydrogen-bond acceptors (Lipinski definition) is 4. The first-order valence-corrected chi connectivity index (χ1v) is 9.61. The molecule has 0 radical (unpaired) electrons. The van der Waals surface area contributed by atoms with Gasteiger partial charge in [-0.2, -0.15) is 13.2 Å². The van der Waals surface area contributed by atoms with E-state index in [0.29, 0.717) is 32.9 Å². The number of alkyl halides is 3. The molecule has 0 atom stereocenters. The number of carbonyl (C=O) groups is 1. The Morgan fingerprint density at radius 1 is 1.24 bits per heavy atom. The second kappa shape index (κ2) is 8.38. The highest BCUT2D eigenvalue weighted by Crippen LogP contribution is 2.28. The number of hydrogen-bond donors (Lipinski definition) is 1. The maximum Gasteiger partial charge on any atom is 0.421 e. The van der Waals surface area contributed by atoms with Gasteiger partial charge in [-0.15, -0.1) is 11.3 Å². The van der Waals surface area contributed by atoms with Gasteiger partial charge in [0.25, 0.3) is 5.56 Å². The lowest BCUT2D eigenvalue weighted by molar-refractivity contribution is -0.139. The van der Waals surface area contributed by atoms with Gasteiger partial charge in [0.2, 0.25) is 5.91 Å². The second-order valence-corrected chi connectivity index (χ2v) is 7.69. The van der Waals surface area contributed by atoms with Gasteiger partial charge < -0.3 is 9.88 Å². The van der Waals surface area contributed by atoms with Crippen LogP contribution in [0.2, 0.25) is 5.02 Å². The van der Waals surface area contributed by atoms with Gasteiger partial charge in [-0.25, -0.2) is 4.98 Å². The van der Waals surface area contributed by atoms with E-state index < -0.39 is 29.8 Å². The van der Waals surface area contributed by atoms with Crippen LogP contribution in [0.4, 0.5) is 18.3 Å². The Labute approximate surface area is 172 Å². The molecular weight excluding hydrogens is 427 g/mol. The predicted octanol–water partition coefficient (Wildman–Crippen LogP) is 4.51. The van der Waals surface area contributed by atoms with Gasteiger partial charge in [0, 0.05) is 22.5 Å². The number of carbonyl (C=O) groups excluding carboxylic acids is 1. The summed E-state index contributed by atoms with van der Waals surface area (Å²) in [7, 11) is 0. The van der Waals surface area contributed by atoms with E-state index >= 15 is 0 Å². The van der Waals surface area contributed by atoms with Crippen LogP contribution in [0.3, 0.4) is 0 Å². The topological polar surface area (TPSA) is 64.0 Å². The van der Waals surface area contributed by atoms with Crippen LogP contribution < -0.4 is 10.9 Å². The van der Waals surface area contributed by atoms with E-state index in [1.807, 2.05) is 18.2 Å². The zero-order chi connectivity index (χ0) is 21.2. The lowest BCUT2D eigenvalue weighted by Crippen LogP contribution is -2.31. The number of thiazole rings is 1. The van der Waals surface area contributed by atoms with Crippen LogP contribution in [-0.2, 0) is 23.9 Å². The highest BCUT2D eigenvalue weighted by molar-refractivity contribution is 7.15. The van der Waals surface area contributed by atoms with Crippen molar-refractivity contribution in [3.63, 3.8) is 0 Å². The maximum absolute atomic E-state index is 12.8. The number of benzene rings is 1. The van der Waals surface area contributed by atoms with Gasteiger partial charge in [-0.05, 0) is 30.7 Å². The Kier molecular flexibility index (Phi) is 6.09. The van der Waals surface area contributed by atoms with Gasteiger partial charge in [-0.1, -0.05) is 29.8 Å². The summed E-state index contributed by atoms with van der Waals surface area (Å²) in [6.07, 6.45) is -3.12. The van der Waals surface area contributed by atoms with E-state index in [0.717, 1.165) is 22.7 Å². The van der Waals surface area contributed by atoms with Gasteiger partial charge >= 0.3 is 6.18 Å². The molecule has 3 rings (SSSR count). The molecule has 0 unspecified atom stereocenters. The van der Waals surface area contributed by atoms with Crippen LogP contribution in [-0.4, -0.2) is 15.5 Å². The van der Waals surface area contributed by atoms with Crippen molar-refractivity contribution in [2.45, 2.75) is 26.1 Å². The fraction of sp³-hybridized carbons (Fsp3) is 0.211. The fourth-order valence-electron chi connectivity index (χ4n) is 2.65. The molecule has 152 valence electrons. The van der Waals surface area contributed by atoms with Crippen molar-refractivity contribution >= 4 is 34.0 Å². The first-order valence-electron chi connectivity index (χ1n) is 8.41. The van der Waals surface area contributed by atoms with E-state index in [4.69, 9.17) is 11.6 Å². The largest absolute Gasteiger partial charge is 0.421 e. The highest BCUT2D eigenvalue weighted by Gasteiger charge is 2.34. The molecule has 10 heteroatoms. The normalized spacial score (nSPS) is 11.5. The molecule has 1 aromatic carbocycles. The SMILES string of the molecule is Cc1nc(NC(=O)Cn2cccc(C(F)(F)F)c2=O)sc1Cc1ccccc1Cl. The van der Waals surface area contributed by atoms with Crippen molar-refractivity contribution in [2.75, 3.05) is 5.32 Å². The minimum Gasteiger partial charge on any atom is -0.306 e. The summed E-state index contributed by atoms with van der Waals surface area (Å²) in [5, 5.41) is 3.45. The minimum atomic E-state index is -4.78. The van der Waals surface area contributed by atoms with Gasteiger partial charge in [0.1, 0.15) is 12.1 Å². The zero-order valence-electron chi connectivity index (χ0n) is 15.1. The second-order valence-electron chi connectivity index (χ2n) is 6.20. The van der Waals surface area contributed by atoms with E-state index in [1.165, 1.54) is 11.3 Å². The summed E-state index contributed by atoms with van der Waals surface area (Å²) in [4.78, 5) is 29.3. The van der Waals surface area contributed by atoms with Crippen molar-refractivity contribution in [3.05, 3.63) is 79.7 Å². The molecular formula is C19H15ClF3N3O2S. The zero-order valence-corrected chi connectivity index (χ0v) is 16.7. The first kappa shape index (κ1) is 21.1. The summed E-state index contributed by atoms with van der Waals surface area (Å²) in [6, 6.07) is 9.12. The quantitative estimate of drug-likeness (QED) is 0.633. The number of aryl methyl sites for hydroxylation is 1. The van der Waals surface area contributed by atoms with Crippen LogP contribution >= 0.6 is 22.9 Å². The number of amides is 1. The van der Waals surface area contributed by atoms with Crippen LogP contribution in [0.15, 0.2) is 47.4 Å². The third-order valence-corrected chi connectivity index (χ3v) is 5.53. The summed E-state index contributed by atoms with van der Waals surface area (Å²) < 4.78 is 39.2. The average Bonchev–Trinajstić information content (AvgIpc) is 2.96. The molecule has 5 nitrogen and oxygen atoms in total. The van der Waals surface area contributed by atoms with E-state index in [9.17, 15) is 22.8 Å². The molecule has 0 saturated carbocycles. The number of nitrogens with zero attached hydrogens (tertiary/aromatic N) is 2. The Balaban J connectivity index is 1.73. The lowest BCUT2D eigenvalue weighted by Gasteiger charge is -2.09. The van der Waals surface area contributed by atoms with Crippen LogP contribution in [0.25, 0.3) is 0 Å². The third kappa shape index (κ3) is 5.04. The highest BCUT2D eigenvalue weighted by atomic mass is 35.5. The van der Waals surface area contributed by atoms with Crippen molar-refractivity contribution in [1.82, 2.24) is 9.55 Å². The van der Waals surface area contributed by atoms with Crippen LogP contribution in [0, 0.1) is 6.92 Å². The van der Waals surface area contributed by atoms with Crippen LogP contribution in [0.1, 0.15) is 21.7 Å². The summed E-state index contributed by atoms with van der Waals surface area (Å²) >= 11 is 7.41. The van der Waals surface area contributed by atoms with Gasteiger partial charge in [0.15, 0.2) is 5.13 Å². The number of pyridine rings is 1. The molecule has 0 fully saturated rings. The number of anilines is 1. The van der Waals surface area contributed by atoms with Crippen molar-refractivity contribution in [3.8, 4) is 0 Å². The molecule has 0 saturated heterocycles. The molecule has 0 bridgehead atoms. The maximum atomic E-state index is 12.8. The van der Waals surface area contributed by atoms with E-state index in [-0.39, 0.29) is 0 Å². The van der Waals surface area contributed by atoms with Gasteiger partial charge in [-0.3, -0.25) is 9.59 Å². The first-order chi connectivity index (χ1) is 13.6. The van der Waals surface area contributed by atoms with Crippen molar-refractivity contribution in [1.29, 1.82) is 0 Å². The fourth-order valence-corrected chi connectivity index (χ4v) is 3.86. The molecule has 3 aromatic rings. The van der Waals surface area contributed by atoms with E-state index in [1.54, 1.807) is 13.0 Å². The smallest absolute Gasteiger partial charge is 0.306 e. The molecule has 29 heavy (non-hydrogen) atoms. The standard InChI is InChI=1S/C19H15ClF3N3O2S/c1-11-15(9-12-5-2-3-7-14(12)20)29-18(24-11)25-16(27)10-26-8-4-6-13(17(26)28)19(21,22)23/h2-8H,9-10H2,1H3,(H,24,25,27). The molecule has 0 aliphatic heterocycles. The molecule has 2 heterocycles. The molecule has 0 aliphatic carbocycles. The Morgan fingerprint density at radius 3 is 2.66 bits per heavy atom. The predicted molar refractivity (Wildman–Crippen MR) is 105 cm³/mol. The molecule has 0 aliphatic rings. The lowest BCUT2D eigenvalue weighted by atomic mass is 10.1. The Bertz CT molecular complexity index is 1110. The monoisotopic (exact) mass is 441 g/mol. The third-order valence-electron chi connectivity index (χ3n) is 4.09. The number of aromatic nitrogens is 2. The summed E-state index contributed by atoms with van der Waals surface area (Å²) in [6.45, 7) is 1.23. The average molecular weight is 442 g/mol. The number of rotatable bonds is 5. The van der Waals surface area contributed by atoms with E-state index in [2.05, 4.69) is 10.3 Å². The summed E-state index contributed by atoms with van der Waals surface area (Å²) in [5.41, 5.74) is -0.972. The van der Waals surface area contributed by atoms with Crippen LogP contribution in [0.5, 0.6) is 0 Å². The Morgan fingerprint density at radius 2 is 1.97 bits per heavy atom. The Hall–Kier alpha value is -2.65. The number of nitrogens with one attached hydrogen (secondary N) is 1. The molecule has 0 spiro atoms. The molecule has 2 aromatic heterocycles. The molecule has 1 N–H and O–H groups in total. The van der Waals surface area contributed by atoms with Crippen molar-refractivity contribution < 1.29 is 18.0 Å². The van der Waals surface area contributed by atoms with Crippen molar-refractivity contribution in [2.24, 2.45) is 0 Å². The molecule has 1 amide bonds.